The van der Waals surface area contributed by atoms with Gasteiger partial charge in [0.15, 0.2) is 0 Å². The van der Waals surface area contributed by atoms with Crippen LogP contribution < -0.4 is 4.74 Å². The number of hydrogen-bond acceptors (Lipinski definition) is 3. The molecule has 1 aromatic carbocycles. The van der Waals surface area contributed by atoms with Gasteiger partial charge in [-0.15, -0.1) is 11.6 Å². The SMILES string of the molecule is COc1ccc2c(c1)nc(CCl)n2C1CCN(C)C1. The molecule has 1 aliphatic heterocycles. The Kier molecular flexibility index (Phi) is 3.37. The molecule has 0 N–H and O–H groups in total. The van der Waals surface area contributed by atoms with Crippen LogP contribution in [0, 0.1) is 0 Å². The Labute approximate surface area is 117 Å². The molecule has 2 heterocycles. The van der Waals surface area contributed by atoms with Crippen LogP contribution in [0.2, 0.25) is 0 Å². The smallest absolute Gasteiger partial charge is 0.125 e. The number of aromatic nitrogens is 2. The number of imidazole rings is 1. The average molecular weight is 280 g/mol. The van der Waals surface area contributed by atoms with Crippen molar-refractivity contribution in [1.29, 1.82) is 0 Å². The van der Waals surface area contributed by atoms with Crippen LogP contribution in [0.25, 0.3) is 11.0 Å². The summed E-state index contributed by atoms with van der Waals surface area (Å²) in [4.78, 5) is 6.99. The number of likely N-dealkylation sites (N-methyl/N-ethyl adjacent to an activating group) is 1. The predicted octanol–water partition coefficient (Wildman–Crippen LogP) is 2.66. The van der Waals surface area contributed by atoms with E-state index in [-0.39, 0.29) is 0 Å². The highest BCUT2D eigenvalue weighted by Crippen LogP contribution is 2.30. The van der Waals surface area contributed by atoms with E-state index in [0.717, 1.165) is 42.1 Å². The Morgan fingerprint density at radius 3 is 2.95 bits per heavy atom. The van der Waals surface area contributed by atoms with Crippen molar-refractivity contribution in [3.63, 3.8) is 0 Å². The Morgan fingerprint density at radius 1 is 1.47 bits per heavy atom. The molecule has 1 unspecified atom stereocenters. The van der Waals surface area contributed by atoms with E-state index in [1.54, 1.807) is 7.11 Å². The second kappa shape index (κ2) is 5.02. The Morgan fingerprint density at radius 2 is 2.32 bits per heavy atom. The van der Waals surface area contributed by atoms with Gasteiger partial charge in [0.05, 0.1) is 24.0 Å². The molecular weight excluding hydrogens is 262 g/mol. The van der Waals surface area contributed by atoms with E-state index in [9.17, 15) is 0 Å². The quantitative estimate of drug-likeness (QED) is 0.809. The Hall–Kier alpha value is -1.26. The third-order valence-corrected chi connectivity index (χ3v) is 4.06. The summed E-state index contributed by atoms with van der Waals surface area (Å²) in [5.74, 6) is 2.23. The molecular formula is C14H18ClN3O. The zero-order chi connectivity index (χ0) is 13.4. The monoisotopic (exact) mass is 279 g/mol. The normalized spacial score (nSPS) is 20.3. The lowest BCUT2D eigenvalue weighted by Gasteiger charge is -2.16. The average Bonchev–Trinajstić information content (AvgIpc) is 3.00. The summed E-state index contributed by atoms with van der Waals surface area (Å²) in [6.45, 7) is 2.18. The van der Waals surface area contributed by atoms with E-state index in [1.807, 2.05) is 12.1 Å². The first-order valence-electron chi connectivity index (χ1n) is 6.52. The molecule has 0 spiro atoms. The molecule has 5 heteroatoms. The molecule has 0 amide bonds. The van der Waals surface area contributed by atoms with Crippen LogP contribution in [0.15, 0.2) is 18.2 Å². The summed E-state index contributed by atoms with van der Waals surface area (Å²) in [7, 11) is 3.83. The minimum Gasteiger partial charge on any atom is -0.497 e. The van der Waals surface area contributed by atoms with Crippen molar-refractivity contribution in [2.45, 2.75) is 18.3 Å². The van der Waals surface area contributed by atoms with Crippen LogP contribution in [0.5, 0.6) is 5.75 Å². The van der Waals surface area contributed by atoms with Gasteiger partial charge in [0, 0.05) is 18.7 Å². The van der Waals surface area contributed by atoms with Crippen molar-refractivity contribution in [1.82, 2.24) is 14.5 Å². The van der Waals surface area contributed by atoms with Crippen molar-refractivity contribution in [2.24, 2.45) is 0 Å². The van der Waals surface area contributed by atoms with E-state index in [2.05, 4.69) is 27.6 Å². The van der Waals surface area contributed by atoms with Gasteiger partial charge >= 0.3 is 0 Å². The number of methoxy groups -OCH3 is 1. The van der Waals surface area contributed by atoms with Crippen molar-refractivity contribution in [2.75, 3.05) is 27.2 Å². The standard InChI is InChI=1S/C14H18ClN3O/c1-17-6-5-10(9-17)18-13-4-3-11(19-2)7-12(13)16-14(18)8-15/h3-4,7,10H,5-6,8-9H2,1-2H3. The highest BCUT2D eigenvalue weighted by Gasteiger charge is 2.25. The molecule has 0 aliphatic carbocycles. The van der Waals surface area contributed by atoms with Crippen molar-refractivity contribution >= 4 is 22.6 Å². The maximum atomic E-state index is 6.06. The van der Waals surface area contributed by atoms with E-state index >= 15 is 0 Å². The summed E-state index contributed by atoms with van der Waals surface area (Å²) in [6.07, 6.45) is 1.15. The van der Waals surface area contributed by atoms with Gasteiger partial charge in [-0.25, -0.2) is 4.98 Å². The number of ether oxygens (including phenoxy) is 1. The molecule has 2 aromatic rings. The van der Waals surface area contributed by atoms with Crippen LogP contribution in [-0.2, 0) is 5.88 Å². The maximum Gasteiger partial charge on any atom is 0.125 e. The van der Waals surface area contributed by atoms with Gasteiger partial charge in [-0.1, -0.05) is 0 Å². The highest BCUT2D eigenvalue weighted by molar-refractivity contribution is 6.16. The highest BCUT2D eigenvalue weighted by atomic mass is 35.5. The topological polar surface area (TPSA) is 30.3 Å². The predicted molar refractivity (Wildman–Crippen MR) is 77.0 cm³/mol. The zero-order valence-corrected chi connectivity index (χ0v) is 12.0. The van der Waals surface area contributed by atoms with Gasteiger partial charge in [-0.05, 0) is 32.1 Å². The number of alkyl halides is 1. The number of halogens is 1. The maximum absolute atomic E-state index is 6.06. The molecule has 1 saturated heterocycles. The van der Waals surface area contributed by atoms with Crippen LogP contribution >= 0.6 is 11.6 Å². The van der Waals surface area contributed by atoms with E-state index < -0.39 is 0 Å². The van der Waals surface area contributed by atoms with Crippen LogP contribution in [0.1, 0.15) is 18.3 Å². The van der Waals surface area contributed by atoms with Gasteiger partial charge in [-0.3, -0.25) is 0 Å². The first-order valence-corrected chi connectivity index (χ1v) is 7.05. The first-order chi connectivity index (χ1) is 9.22. The fourth-order valence-electron chi connectivity index (χ4n) is 2.88. The largest absolute Gasteiger partial charge is 0.497 e. The fraction of sp³-hybridized carbons (Fsp3) is 0.500. The van der Waals surface area contributed by atoms with Gasteiger partial charge in [0.1, 0.15) is 11.6 Å². The van der Waals surface area contributed by atoms with Gasteiger partial charge in [0.2, 0.25) is 0 Å². The zero-order valence-electron chi connectivity index (χ0n) is 11.3. The summed E-state index contributed by atoms with van der Waals surface area (Å²) in [6, 6.07) is 6.50. The van der Waals surface area contributed by atoms with E-state index in [1.165, 1.54) is 0 Å². The van der Waals surface area contributed by atoms with Gasteiger partial charge < -0.3 is 14.2 Å². The number of hydrogen-bond donors (Lipinski definition) is 0. The molecule has 0 radical (unpaired) electrons. The Bertz CT molecular complexity index is 596. The van der Waals surface area contributed by atoms with Crippen molar-refractivity contribution in [3.05, 3.63) is 24.0 Å². The summed E-state index contributed by atoms with van der Waals surface area (Å²) in [5.41, 5.74) is 2.11. The minimum absolute atomic E-state index is 0.442. The molecule has 1 fully saturated rings. The minimum atomic E-state index is 0.442. The molecule has 4 nitrogen and oxygen atoms in total. The lowest BCUT2D eigenvalue weighted by molar-refractivity contribution is 0.393. The Balaban J connectivity index is 2.10. The van der Waals surface area contributed by atoms with E-state index in [4.69, 9.17) is 16.3 Å². The summed E-state index contributed by atoms with van der Waals surface area (Å²) >= 11 is 6.06. The van der Waals surface area contributed by atoms with Crippen LogP contribution in [0.4, 0.5) is 0 Å². The molecule has 19 heavy (non-hydrogen) atoms. The molecule has 1 aromatic heterocycles. The second-order valence-electron chi connectivity index (χ2n) is 5.09. The number of fused-ring (bicyclic) bond motifs is 1. The first kappa shape index (κ1) is 12.8. The number of benzene rings is 1. The molecule has 1 aliphatic rings. The lowest BCUT2D eigenvalue weighted by Crippen LogP contribution is -2.17. The fourth-order valence-corrected chi connectivity index (χ4v) is 3.07. The molecule has 0 bridgehead atoms. The number of nitrogens with zero attached hydrogens (tertiary/aromatic N) is 3. The molecule has 3 rings (SSSR count). The van der Waals surface area contributed by atoms with Gasteiger partial charge in [-0.2, -0.15) is 0 Å². The van der Waals surface area contributed by atoms with E-state index in [0.29, 0.717) is 11.9 Å². The van der Waals surface area contributed by atoms with Crippen molar-refractivity contribution in [3.8, 4) is 5.75 Å². The van der Waals surface area contributed by atoms with Crippen LogP contribution in [0.3, 0.4) is 0 Å². The summed E-state index contributed by atoms with van der Waals surface area (Å²) in [5, 5.41) is 0. The second-order valence-corrected chi connectivity index (χ2v) is 5.36. The molecule has 0 saturated carbocycles. The van der Waals surface area contributed by atoms with Gasteiger partial charge in [0.25, 0.3) is 0 Å². The molecule has 102 valence electrons. The number of likely N-dealkylation sites (tertiary alicyclic amines) is 1. The third-order valence-electron chi connectivity index (χ3n) is 3.82. The number of rotatable bonds is 3. The summed E-state index contributed by atoms with van der Waals surface area (Å²) < 4.78 is 7.55. The lowest BCUT2D eigenvalue weighted by atomic mass is 10.2. The van der Waals surface area contributed by atoms with Crippen LogP contribution in [-0.4, -0.2) is 41.7 Å². The molecule has 1 atom stereocenters. The van der Waals surface area contributed by atoms with Crippen molar-refractivity contribution < 1.29 is 4.74 Å². The third kappa shape index (κ3) is 2.19.